The monoisotopic (exact) mass is 735 g/mol. The van der Waals surface area contributed by atoms with E-state index in [4.69, 9.17) is 4.99 Å². The van der Waals surface area contributed by atoms with Crippen LogP contribution in [0.2, 0.25) is 0 Å². The van der Waals surface area contributed by atoms with Crippen molar-refractivity contribution in [3.05, 3.63) is 187 Å². The maximum absolute atomic E-state index is 5.64. The Morgan fingerprint density at radius 3 is 2.12 bits per heavy atom. The average Bonchev–Trinajstić information content (AvgIpc) is 3.81. The number of hydrogen-bond acceptors (Lipinski definition) is 3. The highest BCUT2D eigenvalue weighted by atomic mass is 32.1. The first-order valence-corrected chi connectivity index (χ1v) is 20.3. The van der Waals surface area contributed by atoms with Gasteiger partial charge in [0.15, 0.2) is 0 Å². The summed E-state index contributed by atoms with van der Waals surface area (Å²) in [7, 11) is 0. The van der Waals surface area contributed by atoms with Crippen molar-refractivity contribution in [2.45, 2.75) is 19.9 Å². The molecule has 1 N–H and O–H groups in total. The molecule has 3 nitrogen and oxygen atoms in total. The van der Waals surface area contributed by atoms with Gasteiger partial charge in [-0.1, -0.05) is 153 Å². The summed E-state index contributed by atoms with van der Waals surface area (Å²) in [6.07, 6.45) is 4.55. The van der Waals surface area contributed by atoms with Crippen molar-refractivity contribution in [3.63, 3.8) is 0 Å². The molecule has 56 heavy (non-hydrogen) atoms. The Morgan fingerprint density at radius 2 is 1.25 bits per heavy atom. The van der Waals surface area contributed by atoms with Crippen LogP contribution in [0.1, 0.15) is 30.5 Å². The second kappa shape index (κ2) is 12.9. The molecule has 1 unspecified atom stereocenters. The Bertz CT molecular complexity index is 3300. The second-order valence-corrected chi connectivity index (χ2v) is 15.4. The van der Waals surface area contributed by atoms with E-state index in [2.05, 4.69) is 186 Å². The van der Waals surface area contributed by atoms with Crippen molar-refractivity contribution in [2.75, 3.05) is 0 Å². The third kappa shape index (κ3) is 4.99. The minimum atomic E-state index is -0.0514. The molecule has 1 aliphatic heterocycles. The Labute approximate surface area is 329 Å². The van der Waals surface area contributed by atoms with E-state index in [1.54, 1.807) is 0 Å². The summed E-state index contributed by atoms with van der Waals surface area (Å²) in [4.78, 5) is 5.64. The molecule has 1 aliphatic carbocycles. The quantitative estimate of drug-likeness (QED) is 0.188. The molecule has 0 fully saturated rings. The summed E-state index contributed by atoms with van der Waals surface area (Å²) in [5.74, 6) is 0.830. The summed E-state index contributed by atoms with van der Waals surface area (Å²) >= 11 is 1.88. The van der Waals surface area contributed by atoms with Gasteiger partial charge in [0.1, 0.15) is 0 Å². The molecule has 0 spiro atoms. The molecule has 0 saturated heterocycles. The molecule has 2 aromatic heterocycles. The number of hydrogen-bond donors (Lipinski definition) is 1. The molecule has 1 atom stereocenters. The fourth-order valence-electron chi connectivity index (χ4n) is 8.82. The van der Waals surface area contributed by atoms with Gasteiger partial charge in [-0.3, -0.25) is 4.57 Å². The fourth-order valence-corrected chi connectivity index (χ4v) is 10.0. The van der Waals surface area contributed by atoms with Crippen LogP contribution in [0.5, 0.6) is 0 Å². The minimum Gasteiger partial charge on any atom is -0.345 e. The Balaban J connectivity index is 0.00000179. The largest absolute Gasteiger partial charge is 0.345 e. The number of para-hydroxylation sites is 1. The minimum absolute atomic E-state index is 0.0514. The summed E-state index contributed by atoms with van der Waals surface area (Å²) < 4.78 is 5.00. The van der Waals surface area contributed by atoms with Crippen LogP contribution in [0.25, 0.3) is 92.0 Å². The SMILES string of the molecule is C1=CC2NC(n3c4ccccc4c4cc5ccc6c7ccccc7sc6c5cc43)=NC(c3ccc4cc(-c5ccccc5)ccc4c3)=C2c2ccccc21.CC. The predicted molar refractivity (Wildman–Crippen MR) is 243 cm³/mol. The number of benzene rings is 8. The molecular weight excluding hydrogens is 699 g/mol. The van der Waals surface area contributed by atoms with Crippen molar-refractivity contribution in [1.82, 2.24) is 9.88 Å². The first-order valence-electron chi connectivity index (χ1n) is 19.5. The predicted octanol–water partition coefficient (Wildman–Crippen LogP) is 13.9. The molecule has 12 rings (SSSR count). The number of rotatable bonds is 2. The Kier molecular flexibility index (Phi) is 7.55. The van der Waals surface area contributed by atoms with E-state index in [0.29, 0.717) is 0 Å². The molecule has 4 heteroatoms. The van der Waals surface area contributed by atoms with Crippen LogP contribution in [-0.2, 0) is 0 Å². The van der Waals surface area contributed by atoms with E-state index >= 15 is 0 Å². The van der Waals surface area contributed by atoms with E-state index in [1.807, 2.05) is 25.2 Å². The first kappa shape index (κ1) is 32.7. The van der Waals surface area contributed by atoms with Gasteiger partial charge < -0.3 is 5.32 Å². The van der Waals surface area contributed by atoms with Crippen LogP contribution >= 0.6 is 11.3 Å². The molecule has 8 aromatic carbocycles. The second-order valence-electron chi connectivity index (χ2n) is 14.4. The maximum atomic E-state index is 5.64. The van der Waals surface area contributed by atoms with Crippen LogP contribution in [-0.4, -0.2) is 16.6 Å². The molecule has 2 aliphatic rings. The highest BCUT2D eigenvalue weighted by Crippen LogP contribution is 2.43. The number of nitrogens with zero attached hydrogens (tertiary/aromatic N) is 2. The average molecular weight is 736 g/mol. The van der Waals surface area contributed by atoms with Gasteiger partial charge >= 0.3 is 0 Å². The third-order valence-electron chi connectivity index (χ3n) is 11.4. The van der Waals surface area contributed by atoms with E-state index in [0.717, 1.165) is 28.3 Å². The number of aliphatic imine (C=N–C) groups is 1. The Hall–Kier alpha value is -6.75. The Morgan fingerprint density at radius 1 is 0.536 bits per heavy atom. The number of aromatic nitrogens is 1. The highest BCUT2D eigenvalue weighted by Gasteiger charge is 2.31. The van der Waals surface area contributed by atoms with E-state index in [9.17, 15) is 0 Å². The normalized spacial score (nSPS) is 14.9. The summed E-state index contributed by atoms with van der Waals surface area (Å²) in [5.41, 5.74) is 10.5. The van der Waals surface area contributed by atoms with Crippen molar-refractivity contribution in [1.29, 1.82) is 0 Å². The lowest BCUT2D eigenvalue weighted by atomic mass is 9.85. The van der Waals surface area contributed by atoms with Crippen molar-refractivity contribution >= 4 is 98.2 Å². The van der Waals surface area contributed by atoms with Crippen LogP contribution in [0.4, 0.5) is 0 Å². The lowest BCUT2D eigenvalue weighted by Gasteiger charge is -2.32. The van der Waals surface area contributed by atoms with Crippen LogP contribution in [0.15, 0.2) is 175 Å². The highest BCUT2D eigenvalue weighted by molar-refractivity contribution is 7.26. The molecule has 266 valence electrons. The van der Waals surface area contributed by atoms with Crippen LogP contribution < -0.4 is 5.32 Å². The van der Waals surface area contributed by atoms with Gasteiger partial charge in [0, 0.05) is 47.5 Å². The van der Waals surface area contributed by atoms with Gasteiger partial charge in [0.05, 0.1) is 22.8 Å². The van der Waals surface area contributed by atoms with E-state index < -0.39 is 0 Å². The first-order chi connectivity index (χ1) is 27.7. The fraction of sp³-hybridized carbons (Fsp3) is 0.0577. The van der Waals surface area contributed by atoms with Crippen LogP contribution in [0, 0.1) is 0 Å². The molecule has 3 heterocycles. The summed E-state index contributed by atoms with van der Waals surface area (Å²) in [5, 5.41) is 13.9. The molecular formula is C52H37N3S. The molecule has 0 amide bonds. The lowest BCUT2D eigenvalue weighted by Crippen LogP contribution is -2.42. The van der Waals surface area contributed by atoms with E-state index in [1.165, 1.54) is 80.3 Å². The zero-order valence-corrected chi connectivity index (χ0v) is 31.9. The number of thiophene rings is 1. The van der Waals surface area contributed by atoms with Gasteiger partial charge in [-0.25, -0.2) is 4.99 Å². The molecule has 10 aromatic rings. The standard InChI is InChI=1S/C50H31N3S.C2H6/c1-2-10-30(11-3-1)32-18-19-34-27-36(21-20-33(34)26-32)48-47-37-13-5-4-12-31(37)23-25-43(47)51-50(52-48)53-44-16-8-6-14-38(44)42-28-35-22-24-40-39-15-7-9-17-46(39)54-49(40)41(35)29-45(42)53;1-2/h1-29,43H,(H,51,52);1-2H3. The van der Waals surface area contributed by atoms with Crippen LogP contribution in [0.3, 0.4) is 0 Å². The topological polar surface area (TPSA) is 29.3 Å². The van der Waals surface area contributed by atoms with E-state index in [-0.39, 0.29) is 6.04 Å². The number of nitrogens with one attached hydrogen (secondary N) is 1. The van der Waals surface area contributed by atoms with Crippen molar-refractivity contribution < 1.29 is 0 Å². The number of fused-ring (bicyclic) bond motifs is 12. The van der Waals surface area contributed by atoms with Gasteiger partial charge in [-0.05, 0) is 74.8 Å². The van der Waals surface area contributed by atoms with Gasteiger partial charge in [-0.15, -0.1) is 11.3 Å². The van der Waals surface area contributed by atoms with Gasteiger partial charge in [0.25, 0.3) is 0 Å². The van der Waals surface area contributed by atoms with Crippen molar-refractivity contribution in [2.24, 2.45) is 4.99 Å². The zero-order valence-electron chi connectivity index (χ0n) is 31.1. The maximum Gasteiger partial charge on any atom is 0.209 e. The molecule has 0 saturated carbocycles. The molecule has 0 bridgehead atoms. The zero-order chi connectivity index (χ0) is 37.3. The van der Waals surface area contributed by atoms with Gasteiger partial charge in [-0.2, -0.15) is 0 Å². The smallest absolute Gasteiger partial charge is 0.209 e. The van der Waals surface area contributed by atoms with Crippen molar-refractivity contribution in [3.8, 4) is 11.1 Å². The summed E-state index contributed by atoms with van der Waals surface area (Å²) in [6.45, 7) is 4.00. The summed E-state index contributed by atoms with van der Waals surface area (Å²) in [6, 6.07) is 59.7. The van der Waals surface area contributed by atoms with Gasteiger partial charge in [0.2, 0.25) is 5.96 Å². The lowest BCUT2D eigenvalue weighted by molar-refractivity contribution is 0.853. The third-order valence-corrected chi connectivity index (χ3v) is 12.6. The molecule has 0 radical (unpaired) electrons.